The molecule has 0 aliphatic carbocycles. The first-order valence-corrected chi connectivity index (χ1v) is 26.7. The fourth-order valence-electron chi connectivity index (χ4n) is 7.16. The molecule has 76 heavy (non-hydrogen) atoms. The number of hydrogen-bond donors (Lipinski definition) is 0. The van der Waals surface area contributed by atoms with Crippen LogP contribution in [-0.2, 0) is 24.5 Å². The minimum atomic E-state index is -3.11. The number of rotatable bonds is 15. The predicted molar refractivity (Wildman–Crippen MR) is 313 cm³/mol. The van der Waals surface area contributed by atoms with Crippen molar-refractivity contribution in [1.82, 2.24) is 29.9 Å². The Morgan fingerprint density at radius 1 is 0.513 bits per heavy atom. The topological polar surface area (TPSA) is 148 Å². The molecule has 1 aliphatic rings. The average molecular weight is 1050 g/mol. The number of nitrogens with zero attached hydrogens (tertiary/aromatic N) is 6. The van der Waals surface area contributed by atoms with Gasteiger partial charge in [-0.2, -0.15) is 0 Å². The first-order valence-electron chi connectivity index (χ1n) is 24.5. The zero-order chi connectivity index (χ0) is 53.7. The van der Waals surface area contributed by atoms with E-state index in [1.165, 1.54) is 24.0 Å². The Morgan fingerprint density at radius 2 is 0.868 bits per heavy atom. The monoisotopic (exact) mass is 1050 g/mol. The molecule has 392 valence electrons. The van der Waals surface area contributed by atoms with Crippen molar-refractivity contribution in [3.63, 3.8) is 0 Å². The van der Waals surface area contributed by atoms with Crippen LogP contribution in [0, 0.1) is 20.8 Å². The van der Waals surface area contributed by atoms with Gasteiger partial charge in [0.25, 0.3) is 0 Å². The second-order valence-electron chi connectivity index (χ2n) is 16.8. The molecule has 1 fully saturated rings. The van der Waals surface area contributed by atoms with Crippen LogP contribution in [0.4, 0.5) is 0 Å². The lowest BCUT2D eigenvalue weighted by molar-refractivity contribution is 0.112. The van der Waals surface area contributed by atoms with Gasteiger partial charge in [-0.25, -0.2) is 0 Å². The van der Waals surface area contributed by atoms with E-state index in [-0.39, 0.29) is 13.6 Å². The van der Waals surface area contributed by atoms with Crippen LogP contribution in [0.5, 0.6) is 5.75 Å². The van der Waals surface area contributed by atoms with Gasteiger partial charge in [-0.1, -0.05) is 56.0 Å². The minimum absolute atomic E-state index is 0. The van der Waals surface area contributed by atoms with E-state index in [0.29, 0.717) is 18.8 Å². The highest BCUT2D eigenvalue weighted by Crippen LogP contribution is 2.51. The number of methoxy groups -OCH3 is 1. The Labute approximate surface area is 453 Å². The van der Waals surface area contributed by atoms with Gasteiger partial charge in [-0.05, 0) is 189 Å². The molecule has 0 spiro atoms. The third-order valence-corrected chi connectivity index (χ3v) is 13.0. The largest absolute Gasteiger partial charge is 1.54 e. The second-order valence-corrected chi connectivity index (χ2v) is 18.9. The first-order chi connectivity index (χ1) is 36.5. The van der Waals surface area contributed by atoms with Crippen LogP contribution in [0.25, 0.3) is 58.5 Å². The third-order valence-electron chi connectivity index (χ3n) is 10.9. The number of aromatic nitrogens is 6. The van der Waals surface area contributed by atoms with Crippen LogP contribution in [0.1, 0.15) is 89.0 Å². The number of carbonyl (C=O) groups is 1. The first kappa shape index (κ1) is 61.4. The number of aldehydes is 1. The third kappa shape index (κ3) is 21.3. The Kier molecular flexibility index (Phi) is 27.3. The molecule has 0 amide bonds. The molecule has 2 aromatic carbocycles. The van der Waals surface area contributed by atoms with Gasteiger partial charge in [0.2, 0.25) is 0 Å². The molecule has 2 radical (unpaired) electrons. The maximum Gasteiger partial charge on any atom is 0.335 e. The summed E-state index contributed by atoms with van der Waals surface area (Å²) in [5, 5.41) is 0. The number of carbonyl (C=O) groups excluding carboxylic acids is 1. The van der Waals surface area contributed by atoms with Gasteiger partial charge < -0.3 is 35.2 Å². The van der Waals surface area contributed by atoms with Crippen molar-refractivity contribution < 1.29 is 27.9 Å². The molecule has 9 rings (SSSR count). The van der Waals surface area contributed by atoms with Gasteiger partial charge in [-0.15, -0.1) is 0 Å². The Hall–Kier alpha value is -7.11. The highest BCUT2D eigenvalue weighted by atomic mass is 31.2. The maximum atomic E-state index is 12.6. The zero-order valence-electron chi connectivity index (χ0n) is 43.5. The fraction of sp³-hybridized carbons (Fsp3) is 0.230. The van der Waals surface area contributed by atoms with Crippen molar-refractivity contribution in [2.75, 3.05) is 33.5 Å². The van der Waals surface area contributed by atoms with Gasteiger partial charge in [0.1, 0.15) is 12.0 Å². The van der Waals surface area contributed by atoms with Crippen molar-refractivity contribution in [2.24, 2.45) is 0 Å². The maximum absolute atomic E-state index is 12.6. The summed E-state index contributed by atoms with van der Waals surface area (Å²) in [6.07, 6.45) is 22.8. The van der Waals surface area contributed by atoms with Crippen LogP contribution in [0.2, 0.25) is 0 Å². The summed E-state index contributed by atoms with van der Waals surface area (Å²) in [5.41, 5.74) is 14.5. The van der Waals surface area contributed by atoms with Crippen molar-refractivity contribution in [1.29, 1.82) is 0 Å². The molecule has 0 saturated carbocycles. The van der Waals surface area contributed by atoms with E-state index in [4.69, 9.17) is 18.5 Å². The van der Waals surface area contributed by atoms with E-state index in [0.717, 1.165) is 92.8 Å². The molecule has 1 aliphatic heterocycles. The molecule has 0 unspecified atom stereocenters. The summed E-state index contributed by atoms with van der Waals surface area (Å²) >= 11 is 0. The molecule has 8 aromatic rings. The standard InChI is InChI=1S/C32H26N4.C16H21N2O3P.C8H8O2.C4H8O.CH4.BP/c1-23-11-15-33-29(19-23)31-21-27(13-17-35-31)9-7-25-3-5-26(6-4-25)8-10-28-14-18-36-32(22-28)30-20-24(2)12-16-34-30;1-4-20-22(19,21-5-2)12-14-7-9-18-16(11-14)15-10-13(3)6-8-17-15;1-10-8-4-2-7(6-9)3-5-8;1-2-4-5-3-1;;1-2/h3-22H,1-2H3;6-11H,4-5,12H2,1-3H3;2-6H,1H3;1-4H2;1H4;/q;;;;;-2/b9-7+,10-8+;;;;;. The van der Waals surface area contributed by atoms with E-state index >= 15 is 0 Å². The minimum Gasteiger partial charge on any atom is -1.54 e. The van der Waals surface area contributed by atoms with Gasteiger partial charge in [-0.3, -0.25) is 39.3 Å². The van der Waals surface area contributed by atoms with Crippen LogP contribution < -0.4 is 4.74 Å². The normalized spacial score (nSPS) is 11.6. The zero-order valence-corrected chi connectivity index (χ0v) is 45.2. The molecule has 12 nitrogen and oxygen atoms in total. The summed E-state index contributed by atoms with van der Waals surface area (Å²) in [4.78, 5) is 36.7. The number of pyridine rings is 6. The summed E-state index contributed by atoms with van der Waals surface area (Å²) in [7, 11) is 5.71. The SMILES string of the molecule is C.C1CCOC1.CCOP(=O)(Cc1ccnc(-c2cc(C)ccn2)c1)OCC.COc1ccc(C=O)cc1.Cc1ccnc(-c2cc(/C=C/c3ccc(/C=C/c4ccnc(-c5cc(C)ccn5)c4)cc3)ccn2)c1.[B][P-2]. The average Bonchev–Trinajstić information content (AvgIpc) is 4.05. The fourth-order valence-corrected chi connectivity index (χ4v) is 8.85. The van der Waals surface area contributed by atoms with Crippen LogP contribution >= 0.6 is 16.7 Å². The Bertz CT molecular complexity index is 2960. The van der Waals surface area contributed by atoms with Gasteiger partial charge in [0.05, 0.1) is 60.6 Å². The Balaban J connectivity index is 0.000000262. The molecule has 15 heteroatoms. The lowest BCUT2D eigenvalue weighted by atomic mass is 10.1. The van der Waals surface area contributed by atoms with E-state index < -0.39 is 7.60 Å². The number of hydrogen-bond acceptors (Lipinski definition) is 12. The summed E-state index contributed by atoms with van der Waals surface area (Å²) < 4.78 is 33.1. The lowest BCUT2D eigenvalue weighted by Crippen LogP contribution is -2.00. The molecule has 1 saturated heterocycles. The van der Waals surface area contributed by atoms with Crippen molar-refractivity contribution in [2.45, 2.75) is 61.0 Å². The summed E-state index contributed by atoms with van der Waals surface area (Å²) in [6.45, 7) is 12.5. The number of ether oxygens (including phenoxy) is 2. The number of aryl methyl sites for hydroxylation is 3. The molecule has 0 N–H and O–H groups in total. The predicted octanol–water partition coefficient (Wildman–Crippen LogP) is 15.2. The van der Waals surface area contributed by atoms with Gasteiger partial charge in [0, 0.05) is 56.0 Å². The van der Waals surface area contributed by atoms with E-state index in [2.05, 4.69) is 121 Å². The summed E-state index contributed by atoms with van der Waals surface area (Å²) in [6, 6.07) is 39.2. The number of benzene rings is 2. The highest BCUT2D eigenvalue weighted by Gasteiger charge is 2.24. The second kappa shape index (κ2) is 33.7. The summed E-state index contributed by atoms with van der Waals surface area (Å²) in [5.74, 6) is 0.769. The molecule has 7 heterocycles. The molecule has 6 aromatic heterocycles. The smallest absolute Gasteiger partial charge is 0.335 e. The lowest BCUT2D eigenvalue weighted by Gasteiger charge is -2.17. The van der Waals surface area contributed by atoms with Gasteiger partial charge >= 0.3 is 7.60 Å². The van der Waals surface area contributed by atoms with E-state index in [1.807, 2.05) is 92.4 Å². The van der Waals surface area contributed by atoms with Gasteiger partial charge in [0.15, 0.2) is 0 Å². The molecular weight excluding hydrogens is 985 g/mol. The van der Waals surface area contributed by atoms with Crippen molar-refractivity contribution >= 4 is 54.9 Å². The quantitative estimate of drug-likeness (QED) is 0.0546. The van der Waals surface area contributed by atoms with Crippen molar-refractivity contribution in [3.05, 3.63) is 209 Å². The van der Waals surface area contributed by atoms with Crippen LogP contribution in [-0.4, -0.2) is 77.3 Å². The van der Waals surface area contributed by atoms with E-state index in [1.54, 1.807) is 57.6 Å². The molecule has 0 atom stereocenters. The van der Waals surface area contributed by atoms with Crippen LogP contribution in [0.3, 0.4) is 0 Å². The van der Waals surface area contributed by atoms with Crippen molar-refractivity contribution in [3.8, 4) is 39.9 Å². The molecular formula is C61H67BN6O6P2-2. The highest BCUT2D eigenvalue weighted by molar-refractivity contribution is 7.53. The van der Waals surface area contributed by atoms with E-state index in [9.17, 15) is 9.36 Å². The van der Waals surface area contributed by atoms with Crippen LogP contribution in [0.15, 0.2) is 159 Å². The Morgan fingerprint density at radius 3 is 1.22 bits per heavy atom. The molecule has 0 bridgehead atoms.